The Balaban J connectivity index is 1.41. The number of pyridine rings is 1. The number of aromatic nitrogens is 2. The number of hydrogen-bond acceptors (Lipinski definition) is 4. The third kappa shape index (κ3) is 3.02. The lowest BCUT2D eigenvalue weighted by Crippen LogP contribution is -2.40. The molecule has 1 aliphatic heterocycles. The highest BCUT2D eigenvalue weighted by molar-refractivity contribution is 7.09. The van der Waals surface area contributed by atoms with E-state index in [4.69, 9.17) is 0 Å². The first kappa shape index (κ1) is 14.8. The van der Waals surface area contributed by atoms with E-state index in [0.717, 1.165) is 38.0 Å². The molecule has 120 valence electrons. The molecule has 1 saturated heterocycles. The second-order valence-electron chi connectivity index (χ2n) is 6.69. The maximum absolute atomic E-state index is 12.8. The van der Waals surface area contributed by atoms with Crippen LogP contribution in [0.4, 0.5) is 0 Å². The molecule has 0 unspecified atom stereocenters. The smallest absolute Gasteiger partial charge is 0.226 e. The number of piperidine rings is 1. The van der Waals surface area contributed by atoms with Gasteiger partial charge in [0.2, 0.25) is 5.91 Å². The van der Waals surface area contributed by atoms with E-state index < -0.39 is 0 Å². The van der Waals surface area contributed by atoms with Crippen LogP contribution in [0.2, 0.25) is 0 Å². The van der Waals surface area contributed by atoms with E-state index in [1.807, 2.05) is 19.2 Å². The molecule has 1 saturated carbocycles. The molecule has 0 spiro atoms. The Kier molecular flexibility index (Phi) is 3.89. The second-order valence-corrected chi connectivity index (χ2v) is 7.58. The van der Waals surface area contributed by atoms with Crippen molar-refractivity contribution in [2.24, 2.45) is 5.92 Å². The van der Waals surface area contributed by atoms with Crippen molar-refractivity contribution < 1.29 is 4.79 Å². The summed E-state index contributed by atoms with van der Waals surface area (Å²) in [6, 6.07) is 4.04. The Morgan fingerprint density at radius 3 is 3.09 bits per heavy atom. The molecule has 0 bridgehead atoms. The highest BCUT2D eigenvalue weighted by atomic mass is 32.1. The highest BCUT2D eigenvalue weighted by Gasteiger charge is 2.46. The molecule has 0 aromatic carbocycles. The van der Waals surface area contributed by atoms with Crippen molar-refractivity contribution in [1.82, 2.24) is 14.9 Å². The lowest BCUT2D eigenvalue weighted by molar-refractivity contribution is -0.133. The van der Waals surface area contributed by atoms with Crippen LogP contribution in [-0.4, -0.2) is 33.9 Å². The van der Waals surface area contributed by atoms with E-state index in [1.54, 1.807) is 17.5 Å². The van der Waals surface area contributed by atoms with Gasteiger partial charge in [-0.05, 0) is 43.7 Å². The summed E-state index contributed by atoms with van der Waals surface area (Å²) in [6.07, 6.45) is 6.89. The molecule has 0 radical (unpaired) electrons. The molecule has 2 aliphatic rings. The predicted octanol–water partition coefficient (Wildman–Crippen LogP) is 3.36. The van der Waals surface area contributed by atoms with Gasteiger partial charge in [0.1, 0.15) is 0 Å². The highest BCUT2D eigenvalue weighted by Crippen LogP contribution is 2.48. The fraction of sp³-hybridized carbons (Fsp3) is 0.500. The van der Waals surface area contributed by atoms with Gasteiger partial charge in [0, 0.05) is 48.4 Å². The molecule has 3 heterocycles. The van der Waals surface area contributed by atoms with Gasteiger partial charge < -0.3 is 4.90 Å². The van der Waals surface area contributed by atoms with E-state index in [1.165, 1.54) is 10.6 Å². The van der Waals surface area contributed by atoms with Crippen LogP contribution < -0.4 is 0 Å². The standard InChI is InChI=1S/C18H21N3OS/c1-12-11-23-17(20-12)14-5-3-7-21(10-14)18(22)16-8-15(16)13-4-2-6-19-9-13/h2,4,6,9,11,14-16H,3,5,7-8,10H2,1H3/t14-,15+,16+/m1/s1. The van der Waals surface area contributed by atoms with E-state index in [9.17, 15) is 4.79 Å². The van der Waals surface area contributed by atoms with Crippen LogP contribution >= 0.6 is 11.3 Å². The number of thiazole rings is 1. The summed E-state index contributed by atoms with van der Waals surface area (Å²) in [4.78, 5) is 23.7. The van der Waals surface area contributed by atoms with Gasteiger partial charge in [0.05, 0.1) is 5.01 Å². The first-order chi connectivity index (χ1) is 11.2. The quantitative estimate of drug-likeness (QED) is 0.868. The zero-order chi connectivity index (χ0) is 15.8. The minimum Gasteiger partial charge on any atom is -0.342 e. The van der Waals surface area contributed by atoms with Crippen molar-refractivity contribution in [2.45, 2.75) is 38.0 Å². The molecule has 1 aliphatic carbocycles. The van der Waals surface area contributed by atoms with Crippen molar-refractivity contribution in [3.05, 3.63) is 46.2 Å². The van der Waals surface area contributed by atoms with Gasteiger partial charge in [-0.3, -0.25) is 9.78 Å². The Hall–Kier alpha value is -1.75. The average Bonchev–Trinajstić information content (AvgIpc) is 3.29. The van der Waals surface area contributed by atoms with Gasteiger partial charge in [0.25, 0.3) is 0 Å². The van der Waals surface area contributed by atoms with Crippen LogP contribution in [-0.2, 0) is 4.79 Å². The maximum atomic E-state index is 12.8. The summed E-state index contributed by atoms with van der Waals surface area (Å²) >= 11 is 1.73. The molecule has 2 fully saturated rings. The molecule has 4 nitrogen and oxygen atoms in total. The molecule has 3 atom stereocenters. The minimum atomic E-state index is 0.163. The summed E-state index contributed by atoms with van der Waals surface area (Å²) in [5.41, 5.74) is 2.29. The average molecular weight is 327 g/mol. The number of amides is 1. The Bertz CT molecular complexity index is 699. The summed E-state index contributed by atoms with van der Waals surface area (Å²) in [5, 5.41) is 3.30. The molecule has 2 aromatic rings. The Morgan fingerprint density at radius 2 is 2.35 bits per heavy atom. The van der Waals surface area contributed by atoms with Crippen LogP contribution in [0.1, 0.15) is 47.4 Å². The van der Waals surface area contributed by atoms with Gasteiger partial charge in [-0.15, -0.1) is 11.3 Å². The topological polar surface area (TPSA) is 46.1 Å². The van der Waals surface area contributed by atoms with Gasteiger partial charge in [-0.25, -0.2) is 4.98 Å². The minimum absolute atomic E-state index is 0.163. The molecule has 2 aromatic heterocycles. The van der Waals surface area contributed by atoms with E-state index in [0.29, 0.717) is 17.7 Å². The number of nitrogens with zero attached hydrogens (tertiary/aromatic N) is 3. The molecule has 0 N–H and O–H groups in total. The van der Waals surface area contributed by atoms with Crippen LogP contribution in [0.5, 0.6) is 0 Å². The van der Waals surface area contributed by atoms with Gasteiger partial charge in [-0.1, -0.05) is 6.07 Å². The number of rotatable bonds is 3. The van der Waals surface area contributed by atoms with Crippen molar-refractivity contribution >= 4 is 17.2 Å². The largest absolute Gasteiger partial charge is 0.342 e. The summed E-state index contributed by atoms with van der Waals surface area (Å²) < 4.78 is 0. The van der Waals surface area contributed by atoms with Gasteiger partial charge in [-0.2, -0.15) is 0 Å². The molecular weight excluding hydrogens is 306 g/mol. The van der Waals surface area contributed by atoms with Gasteiger partial charge >= 0.3 is 0 Å². The lowest BCUT2D eigenvalue weighted by Gasteiger charge is -2.32. The van der Waals surface area contributed by atoms with Crippen molar-refractivity contribution in [2.75, 3.05) is 13.1 Å². The first-order valence-corrected chi connectivity index (χ1v) is 9.21. The first-order valence-electron chi connectivity index (χ1n) is 8.33. The van der Waals surface area contributed by atoms with Crippen molar-refractivity contribution in [3.63, 3.8) is 0 Å². The zero-order valence-corrected chi connectivity index (χ0v) is 14.1. The number of carbonyl (C=O) groups is 1. The monoisotopic (exact) mass is 327 g/mol. The van der Waals surface area contributed by atoms with Crippen LogP contribution in [0.15, 0.2) is 29.9 Å². The number of aryl methyl sites for hydroxylation is 1. The fourth-order valence-corrected chi connectivity index (χ4v) is 4.53. The molecule has 1 amide bonds. The lowest BCUT2D eigenvalue weighted by atomic mass is 9.98. The third-order valence-corrected chi connectivity index (χ3v) is 6.06. The molecule has 4 rings (SSSR count). The molecule has 5 heteroatoms. The summed E-state index contributed by atoms with van der Waals surface area (Å²) in [6.45, 7) is 3.77. The number of carbonyl (C=O) groups excluding carboxylic acids is 1. The van der Waals surface area contributed by atoms with Crippen LogP contribution in [0, 0.1) is 12.8 Å². The maximum Gasteiger partial charge on any atom is 0.226 e. The second kappa shape index (κ2) is 6.04. The summed E-state index contributed by atoms with van der Waals surface area (Å²) in [5.74, 6) is 1.29. The zero-order valence-electron chi connectivity index (χ0n) is 13.3. The summed E-state index contributed by atoms with van der Waals surface area (Å²) in [7, 11) is 0. The Labute approximate surface area is 140 Å². The van der Waals surface area contributed by atoms with Crippen molar-refractivity contribution in [1.29, 1.82) is 0 Å². The van der Waals surface area contributed by atoms with Crippen molar-refractivity contribution in [3.8, 4) is 0 Å². The SMILES string of the molecule is Cc1csc([C@@H]2CCCN(C(=O)[C@H]3C[C@H]3c3cccnc3)C2)n1. The molecule has 23 heavy (non-hydrogen) atoms. The van der Waals surface area contributed by atoms with E-state index in [2.05, 4.69) is 26.3 Å². The normalized spacial score (nSPS) is 27.0. The van der Waals surface area contributed by atoms with Gasteiger partial charge in [0.15, 0.2) is 0 Å². The Morgan fingerprint density at radius 1 is 1.43 bits per heavy atom. The van der Waals surface area contributed by atoms with Crippen LogP contribution in [0.3, 0.4) is 0 Å². The fourth-order valence-electron chi connectivity index (χ4n) is 3.60. The van der Waals surface area contributed by atoms with Crippen LogP contribution in [0.25, 0.3) is 0 Å². The number of likely N-dealkylation sites (tertiary alicyclic amines) is 1. The number of hydrogen-bond donors (Lipinski definition) is 0. The third-order valence-electron chi connectivity index (χ3n) is 4.94. The van der Waals surface area contributed by atoms with E-state index in [-0.39, 0.29) is 5.92 Å². The molecular formula is C18H21N3OS. The van der Waals surface area contributed by atoms with E-state index >= 15 is 0 Å². The predicted molar refractivity (Wildman–Crippen MR) is 90.5 cm³/mol.